The SMILES string of the molecule is CCC(NCC1CCSCC1)c1cccc([N+](=O)[O-])c1. The van der Waals surface area contributed by atoms with Gasteiger partial charge in [-0.25, -0.2) is 0 Å². The Hall–Kier alpha value is -1.07. The van der Waals surface area contributed by atoms with E-state index in [9.17, 15) is 10.1 Å². The molecular weight excluding hydrogens is 272 g/mol. The number of nitro groups is 1. The summed E-state index contributed by atoms with van der Waals surface area (Å²) in [5.74, 6) is 3.28. The number of nitrogens with zero attached hydrogens (tertiary/aromatic N) is 1. The fraction of sp³-hybridized carbons (Fsp3) is 0.600. The van der Waals surface area contributed by atoms with Gasteiger partial charge >= 0.3 is 0 Å². The molecule has 0 saturated carbocycles. The lowest BCUT2D eigenvalue weighted by atomic mass is 10.00. The van der Waals surface area contributed by atoms with Crippen LogP contribution in [0.5, 0.6) is 0 Å². The summed E-state index contributed by atoms with van der Waals surface area (Å²) in [5.41, 5.74) is 1.20. The first-order valence-corrected chi connectivity index (χ1v) is 8.41. The summed E-state index contributed by atoms with van der Waals surface area (Å²) in [4.78, 5) is 10.5. The van der Waals surface area contributed by atoms with Crippen LogP contribution in [0, 0.1) is 16.0 Å². The molecule has 20 heavy (non-hydrogen) atoms. The van der Waals surface area contributed by atoms with E-state index in [2.05, 4.69) is 12.2 Å². The van der Waals surface area contributed by atoms with Crippen molar-refractivity contribution in [3.63, 3.8) is 0 Å². The first-order valence-electron chi connectivity index (χ1n) is 7.26. The van der Waals surface area contributed by atoms with Gasteiger partial charge in [-0.15, -0.1) is 0 Å². The van der Waals surface area contributed by atoms with Crippen LogP contribution in [0.2, 0.25) is 0 Å². The van der Waals surface area contributed by atoms with E-state index in [4.69, 9.17) is 0 Å². The Morgan fingerprint density at radius 1 is 1.45 bits per heavy atom. The molecule has 4 nitrogen and oxygen atoms in total. The van der Waals surface area contributed by atoms with Crippen molar-refractivity contribution in [1.29, 1.82) is 0 Å². The van der Waals surface area contributed by atoms with Crippen LogP contribution in [0.4, 0.5) is 5.69 Å². The molecule has 1 heterocycles. The number of thioether (sulfide) groups is 1. The molecule has 1 fully saturated rings. The minimum atomic E-state index is -0.325. The first kappa shape index (κ1) is 15.3. The van der Waals surface area contributed by atoms with Crippen molar-refractivity contribution in [2.45, 2.75) is 32.2 Å². The zero-order valence-corrected chi connectivity index (χ0v) is 12.7. The minimum absolute atomic E-state index is 0.178. The third-order valence-electron chi connectivity index (χ3n) is 3.89. The van der Waals surface area contributed by atoms with Crippen molar-refractivity contribution in [3.05, 3.63) is 39.9 Å². The molecule has 1 aromatic carbocycles. The number of hydrogen-bond donors (Lipinski definition) is 1. The summed E-state index contributed by atoms with van der Waals surface area (Å²) in [7, 11) is 0. The number of benzene rings is 1. The third kappa shape index (κ3) is 4.21. The van der Waals surface area contributed by atoms with E-state index in [1.54, 1.807) is 18.2 Å². The zero-order chi connectivity index (χ0) is 14.4. The Morgan fingerprint density at radius 2 is 2.20 bits per heavy atom. The number of nitro benzene ring substituents is 1. The van der Waals surface area contributed by atoms with Gasteiger partial charge in [0, 0.05) is 18.2 Å². The van der Waals surface area contributed by atoms with Crippen molar-refractivity contribution in [1.82, 2.24) is 5.32 Å². The molecule has 0 spiro atoms. The highest BCUT2D eigenvalue weighted by molar-refractivity contribution is 7.99. The Kier molecular flexibility index (Phi) is 5.86. The minimum Gasteiger partial charge on any atom is -0.310 e. The first-order chi connectivity index (χ1) is 9.70. The van der Waals surface area contributed by atoms with Crippen molar-refractivity contribution in [2.75, 3.05) is 18.1 Å². The van der Waals surface area contributed by atoms with E-state index < -0.39 is 0 Å². The molecule has 0 amide bonds. The fourth-order valence-corrected chi connectivity index (χ4v) is 3.82. The topological polar surface area (TPSA) is 55.2 Å². The predicted molar refractivity (Wildman–Crippen MR) is 84.2 cm³/mol. The van der Waals surface area contributed by atoms with Gasteiger partial charge in [-0.1, -0.05) is 19.1 Å². The summed E-state index contributed by atoms with van der Waals surface area (Å²) in [6, 6.07) is 7.20. The van der Waals surface area contributed by atoms with Crippen LogP contribution in [-0.2, 0) is 0 Å². The van der Waals surface area contributed by atoms with E-state index in [-0.39, 0.29) is 16.7 Å². The van der Waals surface area contributed by atoms with E-state index in [0.717, 1.165) is 24.4 Å². The molecule has 1 saturated heterocycles. The van der Waals surface area contributed by atoms with Crippen molar-refractivity contribution < 1.29 is 4.92 Å². The molecule has 2 rings (SSSR count). The molecule has 110 valence electrons. The molecule has 0 aliphatic carbocycles. The summed E-state index contributed by atoms with van der Waals surface area (Å²) < 4.78 is 0. The Morgan fingerprint density at radius 3 is 2.85 bits per heavy atom. The van der Waals surface area contributed by atoms with Crippen LogP contribution in [-0.4, -0.2) is 23.0 Å². The Bertz CT molecular complexity index is 447. The predicted octanol–water partition coefficient (Wildman–Crippen LogP) is 3.78. The lowest BCUT2D eigenvalue weighted by Gasteiger charge is -2.25. The maximum absolute atomic E-state index is 10.9. The van der Waals surface area contributed by atoms with E-state index in [1.165, 1.54) is 24.3 Å². The normalized spacial score (nSPS) is 17.9. The van der Waals surface area contributed by atoms with Gasteiger partial charge < -0.3 is 5.32 Å². The molecule has 1 aromatic rings. The summed E-state index contributed by atoms with van der Waals surface area (Å²) in [6.45, 7) is 3.13. The summed E-state index contributed by atoms with van der Waals surface area (Å²) in [6.07, 6.45) is 3.51. The molecule has 1 N–H and O–H groups in total. The largest absolute Gasteiger partial charge is 0.310 e. The maximum atomic E-state index is 10.9. The standard InChI is InChI=1S/C15H22N2O2S/c1-2-15(16-11-12-6-8-20-9-7-12)13-4-3-5-14(10-13)17(18)19/h3-5,10,12,15-16H,2,6-9,11H2,1H3. The van der Waals surface area contributed by atoms with Gasteiger partial charge in [0.25, 0.3) is 5.69 Å². The van der Waals surface area contributed by atoms with Crippen LogP contribution in [0.25, 0.3) is 0 Å². The number of rotatable bonds is 6. The van der Waals surface area contributed by atoms with Gasteiger partial charge in [-0.2, -0.15) is 11.8 Å². The van der Waals surface area contributed by atoms with Crippen LogP contribution in [0.15, 0.2) is 24.3 Å². The number of hydrogen-bond acceptors (Lipinski definition) is 4. The molecule has 1 aliphatic rings. The maximum Gasteiger partial charge on any atom is 0.269 e. The second-order valence-corrected chi connectivity index (χ2v) is 6.50. The monoisotopic (exact) mass is 294 g/mol. The fourth-order valence-electron chi connectivity index (χ4n) is 2.61. The average Bonchev–Trinajstić information content (AvgIpc) is 2.49. The lowest BCUT2D eigenvalue weighted by molar-refractivity contribution is -0.384. The van der Waals surface area contributed by atoms with Crippen molar-refractivity contribution >= 4 is 17.4 Å². The van der Waals surface area contributed by atoms with Gasteiger partial charge in [-0.05, 0) is 48.8 Å². The van der Waals surface area contributed by atoms with Crippen LogP contribution >= 0.6 is 11.8 Å². The van der Waals surface area contributed by atoms with Crippen LogP contribution in [0.1, 0.15) is 37.8 Å². The average molecular weight is 294 g/mol. The second-order valence-electron chi connectivity index (χ2n) is 5.28. The molecule has 1 atom stereocenters. The highest BCUT2D eigenvalue weighted by atomic mass is 32.2. The Balaban J connectivity index is 1.96. The van der Waals surface area contributed by atoms with E-state index in [1.807, 2.05) is 17.8 Å². The third-order valence-corrected chi connectivity index (χ3v) is 4.93. The van der Waals surface area contributed by atoms with Crippen LogP contribution in [0.3, 0.4) is 0 Å². The molecule has 5 heteroatoms. The summed E-state index contributed by atoms with van der Waals surface area (Å²) in [5, 5.41) is 14.4. The molecule has 0 radical (unpaired) electrons. The van der Waals surface area contributed by atoms with Gasteiger partial charge in [0.2, 0.25) is 0 Å². The van der Waals surface area contributed by atoms with Crippen molar-refractivity contribution in [3.8, 4) is 0 Å². The van der Waals surface area contributed by atoms with E-state index in [0.29, 0.717) is 0 Å². The van der Waals surface area contributed by atoms with Crippen LogP contribution < -0.4 is 5.32 Å². The molecule has 0 aromatic heterocycles. The van der Waals surface area contributed by atoms with Gasteiger partial charge in [-0.3, -0.25) is 10.1 Å². The molecule has 1 unspecified atom stereocenters. The van der Waals surface area contributed by atoms with Crippen molar-refractivity contribution in [2.24, 2.45) is 5.92 Å². The summed E-state index contributed by atoms with van der Waals surface area (Å²) >= 11 is 2.04. The van der Waals surface area contributed by atoms with Gasteiger partial charge in [0.1, 0.15) is 0 Å². The quantitative estimate of drug-likeness (QED) is 0.641. The second kappa shape index (κ2) is 7.64. The molecule has 0 bridgehead atoms. The molecular formula is C15H22N2O2S. The lowest BCUT2D eigenvalue weighted by Crippen LogP contribution is -2.29. The smallest absolute Gasteiger partial charge is 0.269 e. The van der Waals surface area contributed by atoms with E-state index >= 15 is 0 Å². The Labute approximate surface area is 124 Å². The number of non-ortho nitro benzene ring substituents is 1. The zero-order valence-electron chi connectivity index (χ0n) is 11.9. The molecule has 1 aliphatic heterocycles. The highest BCUT2D eigenvalue weighted by Crippen LogP contribution is 2.25. The number of nitrogens with one attached hydrogen (secondary N) is 1. The van der Waals surface area contributed by atoms with Gasteiger partial charge in [0.15, 0.2) is 0 Å². The van der Waals surface area contributed by atoms with Gasteiger partial charge in [0.05, 0.1) is 4.92 Å². The highest BCUT2D eigenvalue weighted by Gasteiger charge is 2.17.